The maximum atomic E-state index is 11.9. The third-order valence-electron chi connectivity index (χ3n) is 1.68. The lowest BCUT2D eigenvalue weighted by atomic mass is 10.2. The summed E-state index contributed by atoms with van der Waals surface area (Å²) in [5.74, 6) is -1.89. The Bertz CT molecular complexity index is 449. The average Bonchev–Trinajstić information content (AvgIpc) is 2.18. The third kappa shape index (κ3) is 3.17. The Labute approximate surface area is 92.3 Å². The minimum atomic E-state index is -5.03. The molecule has 0 saturated heterocycles. The van der Waals surface area contributed by atoms with E-state index in [1.165, 1.54) is 0 Å². The molecule has 0 amide bonds. The van der Waals surface area contributed by atoms with Gasteiger partial charge in [-0.05, 0) is 11.0 Å². The molecule has 7 nitrogen and oxygen atoms in total. The van der Waals surface area contributed by atoms with E-state index in [0.29, 0.717) is 0 Å². The van der Waals surface area contributed by atoms with E-state index in [4.69, 9.17) is 11.5 Å². The van der Waals surface area contributed by atoms with Gasteiger partial charge < -0.3 is 26.3 Å². The standard InChI is InChI=1S/C7H7F3N4O3/c8-7(9,10)17-6-4(12)1-3(2-11)5(13-6)14(15)16/h1H,2,11-12H2. The maximum Gasteiger partial charge on any atom is 0.575 e. The number of ether oxygens (including phenoxy) is 1. The number of aromatic nitrogens is 1. The number of pyridine rings is 1. The zero-order valence-electron chi connectivity index (χ0n) is 8.19. The molecule has 0 aromatic carbocycles. The number of nitrogens with two attached hydrogens (primary N) is 2. The number of hydrogen-bond acceptors (Lipinski definition) is 6. The first-order valence-electron chi connectivity index (χ1n) is 4.14. The highest BCUT2D eigenvalue weighted by molar-refractivity contribution is 5.54. The molecule has 94 valence electrons. The van der Waals surface area contributed by atoms with Crippen LogP contribution < -0.4 is 16.2 Å². The van der Waals surface area contributed by atoms with Gasteiger partial charge in [-0.25, -0.2) is 0 Å². The van der Waals surface area contributed by atoms with Crippen molar-refractivity contribution in [3.63, 3.8) is 0 Å². The molecular weight excluding hydrogens is 245 g/mol. The number of nitrogen functional groups attached to an aromatic ring is 1. The minimum absolute atomic E-state index is 0.0815. The highest BCUT2D eigenvalue weighted by atomic mass is 19.4. The SMILES string of the molecule is NCc1cc(N)c(OC(F)(F)F)nc1[N+](=O)[O-]. The molecule has 4 N–H and O–H groups in total. The van der Waals surface area contributed by atoms with Gasteiger partial charge in [-0.2, -0.15) is 0 Å². The molecule has 1 aromatic heterocycles. The van der Waals surface area contributed by atoms with Gasteiger partial charge in [0.05, 0.1) is 5.56 Å². The van der Waals surface area contributed by atoms with E-state index in [1.807, 2.05) is 0 Å². The number of rotatable bonds is 3. The zero-order chi connectivity index (χ0) is 13.2. The van der Waals surface area contributed by atoms with Crippen LogP contribution in [0.1, 0.15) is 5.56 Å². The fraction of sp³-hybridized carbons (Fsp3) is 0.286. The van der Waals surface area contributed by atoms with Crippen LogP contribution in [0.4, 0.5) is 24.7 Å². The number of nitro groups is 1. The Morgan fingerprint density at radius 3 is 2.53 bits per heavy atom. The summed E-state index contributed by atoms with van der Waals surface area (Å²) in [5, 5.41) is 10.5. The van der Waals surface area contributed by atoms with Crippen LogP contribution >= 0.6 is 0 Å². The molecule has 0 spiro atoms. The van der Waals surface area contributed by atoms with Crippen molar-refractivity contribution in [3.8, 4) is 5.88 Å². The first-order valence-corrected chi connectivity index (χ1v) is 4.14. The number of nitrogens with zero attached hydrogens (tertiary/aromatic N) is 2. The summed E-state index contributed by atoms with van der Waals surface area (Å²) in [7, 11) is 0. The molecule has 1 aromatic rings. The molecule has 0 unspecified atom stereocenters. The normalized spacial score (nSPS) is 11.3. The molecule has 10 heteroatoms. The molecule has 0 radical (unpaired) electrons. The van der Waals surface area contributed by atoms with Gasteiger partial charge in [-0.1, -0.05) is 0 Å². The predicted octanol–water partition coefficient (Wildman–Crippen LogP) is 0.929. The predicted molar refractivity (Wildman–Crippen MR) is 49.9 cm³/mol. The Morgan fingerprint density at radius 1 is 1.53 bits per heavy atom. The Kier molecular flexibility index (Phi) is 3.36. The summed E-state index contributed by atoms with van der Waals surface area (Å²) in [6.45, 7) is -0.278. The van der Waals surface area contributed by atoms with E-state index in [-0.39, 0.29) is 12.1 Å². The van der Waals surface area contributed by atoms with Crippen LogP contribution in [-0.4, -0.2) is 16.3 Å². The summed E-state index contributed by atoms with van der Waals surface area (Å²) < 4.78 is 39.2. The summed E-state index contributed by atoms with van der Waals surface area (Å²) in [6.07, 6.45) is -5.03. The lowest BCUT2D eigenvalue weighted by Crippen LogP contribution is -2.19. The van der Waals surface area contributed by atoms with Gasteiger partial charge in [-0.3, -0.25) is 0 Å². The molecule has 0 fully saturated rings. The van der Waals surface area contributed by atoms with Crippen LogP contribution in [0.25, 0.3) is 0 Å². The fourth-order valence-electron chi connectivity index (χ4n) is 1.05. The van der Waals surface area contributed by atoms with Gasteiger partial charge in [0.2, 0.25) is 0 Å². The lowest BCUT2D eigenvalue weighted by molar-refractivity contribution is -0.390. The van der Waals surface area contributed by atoms with Gasteiger partial charge in [0.25, 0.3) is 0 Å². The smallest absolute Gasteiger partial charge is 0.392 e. The number of alkyl halides is 3. The van der Waals surface area contributed by atoms with Crippen molar-refractivity contribution in [2.75, 3.05) is 5.73 Å². The molecular formula is C7H7F3N4O3. The first kappa shape index (κ1) is 13.0. The summed E-state index contributed by atoms with van der Waals surface area (Å²) in [6, 6.07) is 0.923. The maximum absolute atomic E-state index is 11.9. The fourth-order valence-corrected chi connectivity index (χ4v) is 1.05. The van der Waals surface area contributed by atoms with Gasteiger partial charge in [0.1, 0.15) is 5.69 Å². The molecule has 0 aliphatic carbocycles. The monoisotopic (exact) mass is 252 g/mol. The van der Waals surface area contributed by atoms with E-state index >= 15 is 0 Å². The van der Waals surface area contributed by atoms with Crippen LogP contribution in [0.3, 0.4) is 0 Å². The van der Waals surface area contributed by atoms with Crippen molar-refractivity contribution >= 4 is 11.5 Å². The number of anilines is 1. The average molecular weight is 252 g/mol. The summed E-state index contributed by atoms with van der Waals surface area (Å²) in [4.78, 5) is 12.6. The third-order valence-corrected chi connectivity index (χ3v) is 1.68. The molecule has 0 aliphatic heterocycles. The largest absolute Gasteiger partial charge is 0.575 e. The first-order chi connectivity index (χ1) is 7.74. The van der Waals surface area contributed by atoms with Gasteiger partial charge in [0.15, 0.2) is 0 Å². The van der Waals surface area contributed by atoms with E-state index in [1.54, 1.807) is 0 Å². The summed E-state index contributed by atoms with van der Waals surface area (Å²) in [5.41, 5.74) is 9.82. The van der Waals surface area contributed by atoms with Gasteiger partial charge >= 0.3 is 18.1 Å². The second kappa shape index (κ2) is 4.41. The Balaban J connectivity index is 3.25. The highest BCUT2D eigenvalue weighted by Gasteiger charge is 2.36. The second-order valence-corrected chi connectivity index (χ2v) is 2.87. The van der Waals surface area contributed by atoms with E-state index in [9.17, 15) is 23.3 Å². The van der Waals surface area contributed by atoms with Crippen LogP contribution in [-0.2, 0) is 6.54 Å². The van der Waals surface area contributed by atoms with E-state index < -0.39 is 28.7 Å². The quantitative estimate of drug-likeness (QED) is 0.610. The van der Waals surface area contributed by atoms with Crippen molar-refractivity contribution in [1.29, 1.82) is 0 Å². The van der Waals surface area contributed by atoms with Crippen molar-refractivity contribution in [1.82, 2.24) is 4.98 Å². The second-order valence-electron chi connectivity index (χ2n) is 2.87. The van der Waals surface area contributed by atoms with E-state index in [2.05, 4.69) is 9.72 Å². The van der Waals surface area contributed by atoms with Crippen LogP contribution in [0.5, 0.6) is 5.88 Å². The molecule has 0 bridgehead atoms. The van der Waals surface area contributed by atoms with Crippen molar-refractivity contribution in [3.05, 3.63) is 21.7 Å². The van der Waals surface area contributed by atoms with Crippen LogP contribution in [0.15, 0.2) is 6.07 Å². The number of halogens is 3. The van der Waals surface area contributed by atoms with Gasteiger partial charge in [0, 0.05) is 11.5 Å². The summed E-state index contributed by atoms with van der Waals surface area (Å²) >= 11 is 0. The molecule has 1 heterocycles. The lowest BCUT2D eigenvalue weighted by Gasteiger charge is -2.08. The zero-order valence-corrected chi connectivity index (χ0v) is 8.19. The topological polar surface area (TPSA) is 117 Å². The molecule has 0 saturated carbocycles. The van der Waals surface area contributed by atoms with Crippen molar-refractivity contribution in [2.24, 2.45) is 5.73 Å². The van der Waals surface area contributed by atoms with Crippen molar-refractivity contribution < 1.29 is 22.8 Å². The van der Waals surface area contributed by atoms with Crippen LogP contribution in [0.2, 0.25) is 0 Å². The Hall–Kier alpha value is -2.10. The van der Waals surface area contributed by atoms with Gasteiger partial charge in [-0.15, -0.1) is 13.2 Å². The van der Waals surface area contributed by atoms with Crippen molar-refractivity contribution in [2.45, 2.75) is 12.9 Å². The molecule has 0 atom stereocenters. The number of hydrogen-bond donors (Lipinski definition) is 2. The highest BCUT2D eigenvalue weighted by Crippen LogP contribution is 2.30. The molecule has 1 rings (SSSR count). The molecule has 17 heavy (non-hydrogen) atoms. The minimum Gasteiger partial charge on any atom is -0.392 e. The van der Waals surface area contributed by atoms with E-state index in [0.717, 1.165) is 6.07 Å². The molecule has 0 aliphatic rings. The van der Waals surface area contributed by atoms with Crippen LogP contribution in [0, 0.1) is 10.1 Å². The Morgan fingerprint density at radius 2 is 2.12 bits per heavy atom.